The molecule has 7 heteroatoms. The Labute approximate surface area is 112 Å². The molecule has 0 amide bonds. The number of phenolic OH excluding ortho intramolecular Hbond substituents is 1. The lowest BCUT2D eigenvalue weighted by Gasteiger charge is -2.11. The number of carbonyl (C=O) groups is 1. The third kappa shape index (κ3) is 4.78. The molecular weight excluding hydrogens is 270 g/mol. The molecule has 3 N–H and O–H groups in total. The summed E-state index contributed by atoms with van der Waals surface area (Å²) in [7, 11) is -3.54. The van der Waals surface area contributed by atoms with Gasteiger partial charge in [-0.2, -0.15) is 0 Å². The van der Waals surface area contributed by atoms with Crippen molar-refractivity contribution in [1.29, 1.82) is 0 Å². The van der Waals surface area contributed by atoms with Gasteiger partial charge in [0, 0.05) is 0 Å². The zero-order valence-electron chi connectivity index (χ0n) is 10.8. The van der Waals surface area contributed by atoms with Gasteiger partial charge < -0.3 is 10.2 Å². The van der Waals surface area contributed by atoms with Crippen LogP contribution in [-0.2, 0) is 10.0 Å². The van der Waals surface area contributed by atoms with E-state index in [9.17, 15) is 18.3 Å². The van der Waals surface area contributed by atoms with Crippen molar-refractivity contribution >= 4 is 21.7 Å². The molecule has 1 rings (SSSR count). The molecule has 0 saturated heterocycles. The number of nitrogens with one attached hydrogen (secondary N) is 1. The van der Waals surface area contributed by atoms with Crippen molar-refractivity contribution in [3.05, 3.63) is 23.8 Å². The maximum atomic E-state index is 11.7. The number of benzene rings is 1. The van der Waals surface area contributed by atoms with Gasteiger partial charge in [-0.3, -0.25) is 4.72 Å². The van der Waals surface area contributed by atoms with E-state index in [2.05, 4.69) is 4.72 Å². The highest BCUT2D eigenvalue weighted by Crippen LogP contribution is 2.25. The molecule has 106 valence electrons. The number of carboxylic acid groups (broad SMARTS) is 1. The lowest BCUT2D eigenvalue weighted by Crippen LogP contribution is -2.18. The SMILES string of the molecule is CC(C)CCS(=O)(=O)Nc1ccc(C(=O)O)cc1O. The molecule has 0 aromatic heterocycles. The van der Waals surface area contributed by atoms with Crippen LogP contribution in [0.5, 0.6) is 5.75 Å². The summed E-state index contributed by atoms with van der Waals surface area (Å²) in [4.78, 5) is 10.7. The van der Waals surface area contributed by atoms with Crippen LogP contribution in [0.1, 0.15) is 30.6 Å². The largest absolute Gasteiger partial charge is 0.506 e. The molecule has 6 nitrogen and oxygen atoms in total. The molecule has 0 bridgehead atoms. The molecule has 1 aromatic rings. The van der Waals surface area contributed by atoms with Crippen molar-refractivity contribution in [1.82, 2.24) is 0 Å². The molecule has 0 heterocycles. The van der Waals surface area contributed by atoms with Gasteiger partial charge in [0.05, 0.1) is 17.0 Å². The first-order valence-corrected chi connectivity index (χ1v) is 7.43. The summed E-state index contributed by atoms with van der Waals surface area (Å²) in [6, 6.07) is 3.46. The molecule has 0 aliphatic rings. The topological polar surface area (TPSA) is 104 Å². The van der Waals surface area contributed by atoms with Crippen LogP contribution in [0.15, 0.2) is 18.2 Å². The van der Waals surface area contributed by atoms with Crippen LogP contribution < -0.4 is 4.72 Å². The molecule has 0 spiro atoms. The number of sulfonamides is 1. The summed E-state index contributed by atoms with van der Waals surface area (Å²) < 4.78 is 25.7. The summed E-state index contributed by atoms with van der Waals surface area (Å²) in [6.45, 7) is 3.82. The van der Waals surface area contributed by atoms with Crippen LogP contribution in [0, 0.1) is 5.92 Å². The quantitative estimate of drug-likeness (QED) is 0.693. The Morgan fingerprint density at radius 2 is 2.00 bits per heavy atom. The van der Waals surface area contributed by atoms with Gasteiger partial charge in [-0.1, -0.05) is 13.8 Å². The molecule has 0 atom stereocenters. The normalized spacial score (nSPS) is 11.5. The Kier molecular flexibility index (Phi) is 4.77. The molecule has 19 heavy (non-hydrogen) atoms. The standard InChI is InChI=1S/C12H17NO5S/c1-8(2)5-6-19(17,18)13-10-4-3-9(12(15)16)7-11(10)14/h3-4,7-8,13-14H,5-6H2,1-2H3,(H,15,16). The maximum Gasteiger partial charge on any atom is 0.335 e. The third-order valence-electron chi connectivity index (χ3n) is 2.47. The number of aromatic hydroxyl groups is 1. The smallest absolute Gasteiger partial charge is 0.335 e. The van der Waals surface area contributed by atoms with Gasteiger partial charge in [0.2, 0.25) is 10.0 Å². The van der Waals surface area contributed by atoms with Crippen molar-refractivity contribution in [2.45, 2.75) is 20.3 Å². The highest BCUT2D eigenvalue weighted by atomic mass is 32.2. The number of hydrogen-bond donors (Lipinski definition) is 3. The van der Waals surface area contributed by atoms with E-state index in [4.69, 9.17) is 5.11 Å². The zero-order chi connectivity index (χ0) is 14.6. The molecule has 0 radical (unpaired) electrons. The summed E-state index contributed by atoms with van der Waals surface area (Å²) >= 11 is 0. The molecule has 0 fully saturated rings. The maximum absolute atomic E-state index is 11.7. The van der Waals surface area contributed by atoms with Crippen molar-refractivity contribution < 1.29 is 23.4 Å². The van der Waals surface area contributed by atoms with Crippen LogP contribution >= 0.6 is 0 Å². The first kappa shape index (κ1) is 15.3. The second kappa shape index (κ2) is 5.92. The van der Waals surface area contributed by atoms with Gasteiger partial charge in [-0.05, 0) is 30.5 Å². The lowest BCUT2D eigenvalue weighted by molar-refractivity contribution is 0.0696. The fourth-order valence-corrected chi connectivity index (χ4v) is 2.75. The van der Waals surface area contributed by atoms with E-state index in [1.165, 1.54) is 12.1 Å². The molecule has 0 saturated carbocycles. The van der Waals surface area contributed by atoms with Crippen molar-refractivity contribution in [2.75, 3.05) is 10.5 Å². The Bertz CT molecular complexity index is 565. The number of anilines is 1. The van der Waals surface area contributed by atoms with Crippen LogP contribution in [0.2, 0.25) is 0 Å². The minimum absolute atomic E-state index is 0.0197. The van der Waals surface area contributed by atoms with E-state index in [0.717, 1.165) is 6.07 Å². The Balaban J connectivity index is 2.85. The minimum Gasteiger partial charge on any atom is -0.506 e. The predicted molar refractivity (Wildman–Crippen MR) is 71.9 cm³/mol. The first-order valence-electron chi connectivity index (χ1n) is 5.78. The van der Waals surface area contributed by atoms with Crippen molar-refractivity contribution in [3.8, 4) is 5.75 Å². The monoisotopic (exact) mass is 287 g/mol. The van der Waals surface area contributed by atoms with E-state index in [1.807, 2.05) is 13.8 Å². The van der Waals surface area contributed by atoms with Crippen LogP contribution in [-0.4, -0.2) is 30.4 Å². The minimum atomic E-state index is -3.54. The van der Waals surface area contributed by atoms with Crippen LogP contribution in [0.25, 0.3) is 0 Å². The molecular formula is C12H17NO5S. The number of hydrogen-bond acceptors (Lipinski definition) is 4. The second-order valence-corrected chi connectivity index (χ2v) is 6.48. The summed E-state index contributed by atoms with van der Waals surface area (Å²) in [5.74, 6) is -1.40. The Hall–Kier alpha value is -1.76. The average Bonchev–Trinajstić information content (AvgIpc) is 2.29. The van der Waals surface area contributed by atoms with Crippen molar-refractivity contribution in [2.24, 2.45) is 5.92 Å². The molecule has 0 aliphatic carbocycles. The van der Waals surface area contributed by atoms with E-state index in [-0.39, 0.29) is 22.9 Å². The van der Waals surface area contributed by atoms with Gasteiger partial charge >= 0.3 is 5.97 Å². The fraction of sp³-hybridized carbons (Fsp3) is 0.417. The number of carboxylic acids is 1. The van der Waals surface area contributed by atoms with E-state index in [0.29, 0.717) is 6.42 Å². The number of aromatic carboxylic acids is 1. The highest BCUT2D eigenvalue weighted by Gasteiger charge is 2.15. The summed E-state index contributed by atoms with van der Waals surface area (Å²) in [5.41, 5.74) is -0.128. The summed E-state index contributed by atoms with van der Waals surface area (Å²) in [5, 5.41) is 18.3. The van der Waals surface area contributed by atoms with Crippen LogP contribution in [0.4, 0.5) is 5.69 Å². The molecule has 0 aliphatic heterocycles. The van der Waals surface area contributed by atoms with Gasteiger partial charge in [0.25, 0.3) is 0 Å². The first-order chi connectivity index (χ1) is 8.71. The third-order valence-corrected chi connectivity index (χ3v) is 3.78. The predicted octanol–water partition coefficient (Wildman–Crippen LogP) is 1.88. The Morgan fingerprint density at radius 3 is 2.47 bits per heavy atom. The lowest BCUT2D eigenvalue weighted by atomic mass is 10.2. The summed E-state index contributed by atoms with van der Waals surface area (Å²) in [6.07, 6.45) is 0.503. The number of phenols is 1. The molecule has 1 aromatic carbocycles. The van der Waals surface area contributed by atoms with Gasteiger partial charge in [-0.25, -0.2) is 13.2 Å². The van der Waals surface area contributed by atoms with E-state index >= 15 is 0 Å². The van der Waals surface area contributed by atoms with E-state index < -0.39 is 21.7 Å². The van der Waals surface area contributed by atoms with Crippen molar-refractivity contribution in [3.63, 3.8) is 0 Å². The zero-order valence-corrected chi connectivity index (χ0v) is 11.6. The average molecular weight is 287 g/mol. The van der Waals surface area contributed by atoms with E-state index in [1.54, 1.807) is 0 Å². The Morgan fingerprint density at radius 1 is 1.37 bits per heavy atom. The second-order valence-electron chi connectivity index (χ2n) is 4.64. The van der Waals surface area contributed by atoms with Gasteiger partial charge in [0.15, 0.2) is 0 Å². The van der Waals surface area contributed by atoms with Gasteiger partial charge in [-0.15, -0.1) is 0 Å². The van der Waals surface area contributed by atoms with Gasteiger partial charge in [0.1, 0.15) is 5.75 Å². The van der Waals surface area contributed by atoms with Crippen LogP contribution in [0.3, 0.4) is 0 Å². The highest BCUT2D eigenvalue weighted by molar-refractivity contribution is 7.92. The molecule has 0 unspecified atom stereocenters. The number of rotatable bonds is 6. The fourth-order valence-electron chi connectivity index (χ4n) is 1.36.